The molecule has 0 radical (unpaired) electrons. The third-order valence-electron chi connectivity index (χ3n) is 3.34. The zero-order chi connectivity index (χ0) is 14.3. The van der Waals surface area contributed by atoms with E-state index in [1.54, 1.807) is 0 Å². The fourth-order valence-electron chi connectivity index (χ4n) is 2.17. The van der Waals surface area contributed by atoms with Crippen molar-refractivity contribution in [3.8, 4) is 0 Å². The molecule has 4 heteroatoms. The molecule has 1 aromatic carbocycles. The first-order valence-corrected chi connectivity index (χ1v) is 7.91. The van der Waals surface area contributed by atoms with Crippen LogP contribution in [0.15, 0.2) is 24.3 Å². The standard InChI is InChI=1S/C15H27N3S/c1-4-19-15(2,3)14(9-10-16)18-13-7-5-12(11-17)6-8-13/h5-8,14,18H,4,9-11,16-17H2,1-3H3. The van der Waals surface area contributed by atoms with Gasteiger partial charge < -0.3 is 16.8 Å². The molecule has 0 amide bonds. The van der Waals surface area contributed by atoms with Crippen molar-refractivity contribution in [2.24, 2.45) is 11.5 Å². The Bertz CT molecular complexity index is 362. The molecule has 0 saturated heterocycles. The quantitative estimate of drug-likeness (QED) is 0.685. The SMILES string of the molecule is CCSC(C)(C)C(CCN)Nc1ccc(CN)cc1. The van der Waals surface area contributed by atoms with Crippen LogP contribution in [0.5, 0.6) is 0 Å². The van der Waals surface area contributed by atoms with Crippen LogP contribution >= 0.6 is 11.8 Å². The van der Waals surface area contributed by atoms with E-state index < -0.39 is 0 Å². The van der Waals surface area contributed by atoms with Crippen molar-refractivity contribution in [3.05, 3.63) is 29.8 Å². The van der Waals surface area contributed by atoms with Crippen LogP contribution in [0.25, 0.3) is 0 Å². The van der Waals surface area contributed by atoms with Crippen molar-refractivity contribution in [2.75, 3.05) is 17.6 Å². The van der Waals surface area contributed by atoms with Crippen LogP contribution in [0.3, 0.4) is 0 Å². The average Bonchev–Trinajstić information content (AvgIpc) is 2.39. The molecule has 1 rings (SSSR count). The summed E-state index contributed by atoms with van der Waals surface area (Å²) in [6, 6.07) is 8.70. The predicted octanol–water partition coefficient (Wildman–Crippen LogP) is 2.81. The number of benzene rings is 1. The van der Waals surface area contributed by atoms with Gasteiger partial charge >= 0.3 is 0 Å². The summed E-state index contributed by atoms with van der Waals surface area (Å²) in [5, 5.41) is 3.61. The highest BCUT2D eigenvalue weighted by Gasteiger charge is 2.28. The number of anilines is 1. The summed E-state index contributed by atoms with van der Waals surface area (Å²) >= 11 is 1.97. The van der Waals surface area contributed by atoms with E-state index in [9.17, 15) is 0 Å². The van der Waals surface area contributed by atoms with Crippen LogP contribution in [0.2, 0.25) is 0 Å². The summed E-state index contributed by atoms with van der Waals surface area (Å²) in [6.45, 7) is 8.05. The second-order valence-electron chi connectivity index (χ2n) is 5.21. The van der Waals surface area contributed by atoms with E-state index >= 15 is 0 Å². The zero-order valence-electron chi connectivity index (χ0n) is 12.3. The molecule has 0 bridgehead atoms. The first-order chi connectivity index (χ1) is 9.03. The Kier molecular flexibility index (Phi) is 6.69. The molecule has 0 heterocycles. The minimum Gasteiger partial charge on any atom is -0.381 e. The lowest BCUT2D eigenvalue weighted by molar-refractivity contribution is 0.540. The maximum Gasteiger partial charge on any atom is 0.0414 e. The lowest BCUT2D eigenvalue weighted by Crippen LogP contribution is -2.41. The molecule has 0 aliphatic rings. The van der Waals surface area contributed by atoms with Gasteiger partial charge in [-0.25, -0.2) is 0 Å². The van der Waals surface area contributed by atoms with E-state index in [2.05, 4.69) is 50.4 Å². The van der Waals surface area contributed by atoms with E-state index in [1.165, 1.54) is 0 Å². The van der Waals surface area contributed by atoms with Gasteiger partial charge in [-0.05, 0) is 50.3 Å². The minimum atomic E-state index is 0.167. The van der Waals surface area contributed by atoms with Crippen LogP contribution < -0.4 is 16.8 Å². The molecule has 108 valence electrons. The smallest absolute Gasteiger partial charge is 0.0414 e. The number of nitrogens with one attached hydrogen (secondary N) is 1. The molecular weight excluding hydrogens is 254 g/mol. The molecular formula is C15H27N3S. The van der Waals surface area contributed by atoms with E-state index in [1.807, 2.05) is 11.8 Å². The van der Waals surface area contributed by atoms with Crippen LogP contribution in [0, 0.1) is 0 Å². The van der Waals surface area contributed by atoms with Crippen LogP contribution in [-0.2, 0) is 6.54 Å². The van der Waals surface area contributed by atoms with Gasteiger partial charge in [0.1, 0.15) is 0 Å². The van der Waals surface area contributed by atoms with Gasteiger partial charge in [0.15, 0.2) is 0 Å². The average molecular weight is 281 g/mol. The van der Waals surface area contributed by atoms with Crippen molar-refractivity contribution in [2.45, 2.75) is 44.5 Å². The fourth-order valence-corrected chi connectivity index (χ4v) is 3.29. The monoisotopic (exact) mass is 281 g/mol. The molecule has 3 nitrogen and oxygen atoms in total. The Hall–Kier alpha value is -0.710. The summed E-state index contributed by atoms with van der Waals surface area (Å²) in [4.78, 5) is 0. The normalized spacial score (nSPS) is 13.3. The largest absolute Gasteiger partial charge is 0.381 e. The molecule has 19 heavy (non-hydrogen) atoms. The van der Waals surface area contributed by atoms with Gasteiger partial charge in [-0.3, -0.25) is 0 Å². The molecule has 0 spiro atoms. The van der Waals surface area contributed by atoms with Gasteiger partial charge in [-0.1, -0.05) is 19.1 Å². The minimum absolute atomic E-state index is 0.167. The molecule has 0 fully saturated rings. The molecule has 0 aromatic heterocycles. The first-order valence-electron chi connectivity index (χ1n) is 6.93. The second-order valence-corrected chi connectivity index (χ2v) is 7.13. The van der Waals surface area contributed by atoms with Gasteiger partial charge in [0, 0.05) is 23.0 Å². The summed E-state index contributed by atoms with van der Waals surface area (Å²) in [5.74, 6) is 1.11. The van der Waals surface area contributed by atoms with Gasteiger partial charge in [0.2, 0.25) is 0 Å². The molecule has 1 atom stereocenters. The third-order valence-corrected chi connectivity index (χ3v) is 4.66. The van der Waals surface area contributed by atoms with Gasteiger partial charge in [-0.15, -0.1) is 0 Å². The Balaban J connectivity index is 2.76. The molecule has 0 aliphatic heterocycles. The lowest BCUT2D eigenvalue weighted by Gasteiger charge is -2.35. The molecule has 1 unspecified atom stereocenters. The van der Waals surface area contributed by atoms with E-state index in [4.69, 9.17) is 11.5 Å². The van der Waals surface area contributed by atoms with Gasteiger partial charge in [0.05, 0.1) is 0 Å². The van der Waals surface area contributed by atoms with Crippen molar-refractivity contribution in [3.63, 3.8) is 0 Å². The molecule has 0 aliphatic carbocycles. The summed E-state index contributed by atoms with van der Waals surface area (Å²) < 4.78 is 0.167. The number of hydrogen-bond donors (Lipinski definition) is 3. The van der Waals surface area contributed by atoms with E-state index in [-0.39, 0.29) is 4.75 Å². The number of nitrogens with two attached hydrogens (primary N) is 2. The van der Waals surface area contributed by atoms with E-state index in [0.29, 0.717) is 19.1 Å². The summed E-state index contributed by atoms with van der Waals surface area (Å²) in [5.41, 5.74) is 13.7. The van der Waals surface area contributed by atoms with Crippen LogP contribution in [0.1, 0.15) is 32.8 Å². The summed E-state index contributed by atoms with van der Waals surface area (Å²) in [6.07, 6.45) is 0.971. The number of hydrogen-bond acceptors (Lipinski definition) is 4. The van der Waals surface area contributed by atoms with Gasteiger partial charge in [0.25, 0.3) is 0 Å². The Morgan fingerprint density at radius 2 is 1.84 bits per heavy atom. The van der Waals surface area contributed by atoms with E-state index in [0.717, 1.165) is 23.4 Å². The number of thioether (sulfide) groups is 1. The fraction of sp³-hybridized carbons (Fsp3) is 0.600. The van der Waals surface area contributed by atoms with Crippen molar-refractivity contribution in [1.29, 1.82) is 0 Å². The summed E-state index contributed by atoms with van der Waals surface area (Å²) in [7, 11) is 0. The second kappa shape index (κ2) is 7.78. The lowest BCUT2D eigenvalue weighted by atomic mass is 9.99. The zero-order valence-corrected chi connectivity index (χ0v) is 13.1. The molecule has 0 saturated carbocycles. The number of rotatable bonds is 8. The topological polar surface area (TPSA) is 64.1 Å². The molecule has 1 aromatic rings. The highest BCUT2D eigenvalue weighted by atomic mass is 32.2. The highest BCUT2D eigenvalue weighted by molar-refractivity contribution is 8.00. The van der Waals surface area contributed by atoms with Crippen LogP contribution in [-0.4, -0.2) is 23.1 Å². The van der Waals surface area contributed by atoms with Gasteiger partial charge in [-0.2, -0.15) is 11.8 Å². The maximum atomic E-state index is 5.76. The van der Waals surface area contributed by atoms with Crippen molar-refractivity contribution >= 4 is 17.4 Å². The Labute approximate surface area is 121 Å². The highest BCUT2D eigenvalue weighted by Crippen LogP contribution is 2.31. The Morgan fingerprint density at radius 1 is 1.21 bits per heavy atom. The van der Waals surface area contributed by atoms with Crippen molar-refractivity contribution < 1.29 is 0 Å². The molecule has 5 N–H and O–H groups in total. The van der Waals surface area contributed by atoms with Crippen molar-refractivity contribution in [1.82, 2.24) is 0 Å². The van der Waals surface area contributed by atoms with Crippen LogP contribution in [0.4, 0.5) is 5.69 Å². The predicted molar refractivity (Wildman–Crippen MR) is 87.6 cm³/mol. The third kappa shape index (κ3) is 5.05. The Morgan fingerprint density at radius 3 is 2.32 bits per heavy atom. The maximum absolute atomic E-state index is 5.76. The first kappa shape index (κ1) is 16.3.